The number of nitrogens with one attached hydrogen (secondary N) is 1. The Morgan fingerprint density at radius 1 is 1.29 bits per heavy atom. The minimum Gasteiger partial charge on any atom is -0.368 e. The number of carbonyl (C=O) groups is 2. The fraction of sp³-hybridized carbons (Fsp3) is 0.818. The van der Waals surface area contributed by atoms with E-state index in [0.29, 0.717) is 6.42 Å². The standard InChI is InChI=1S/C11H23N3O2.ClH/c1-5-6-7(12)10(16)14-8(9(13)15)11(2,3)4;/h7-8H,5-6,12H2,1-4H3,(H2,13,15)(H,14,16);1H. The molecule has 5 nitrogen and oxygen atoms in total. The van der Waals surface area contributed by atoms with Gasteiger partial charge in [0.2, 0.25) is 11.8 Å². The summed E-state index contributed by atoms with van der Waals surface area (Å²) in [6.07, 6.45) is 1.42. The molecule has 0 heterocycles. The lowest BCUT2D eigenvalue weighted by Crippen LogP contribution is -2.55. The minimum absolute atomic E-state index is 0. The maximum absolute atomic E-state index is 11.7. The number of carbonyl (C=O) groups excluding carboxylic acids is 2. The van der Waals surface area contributed by atoms with Gasteiger partial charge in [0.1, 0.15) is 6.04 Å². The van der Waals surface area contributed by atoms with E-state index < -0.39 is 23.4 Å². The molecular weight excluding hydrogens is 242 g/mol. The molecule has 17 heavy (non-hydrogen) atoms. The van der Waals surface area contributed by atoms with Crippen molar-refractivity contribution in [2.45, 2.75) is 52.6 Å². The van der Waals surface area contributed by atoms with E-state index in [-0.39, 0.29) is 18.3 Å². The molecule has 0 saturated carbocycles. The summed E-state index contributed by atoms with van der Waals surface area (Å²) >= 11 is 0. The minimum atomic E-state index is -0.692. The van der Waals surface area contributed by atoms with Crippen LogP contribution >= 0.6 is 12.4 Å². The Kier molecular flexibility index (Phi) is 8.19. The third-order valence-corrected chi connectivity index (χ3v) is 2.37. The Bertz CT molecular complexity index is 264. The molecular formula is C11H24ClN3O2. The van der Waals surface area contributed by atoms with Crippen LogP contribution in [0.1, 0.15) is 40.5 Å². The van der Waals surface area contributed by atoms with Gasteiger partial charge in [-0.1, -0.05) is 34.1 Å². The van der Waals surface area contributed by atoms with E-state index in [9.17, 15) is 9.59 Å². The van der Waals surface area contributed by atoms with Crippen LogP contribution in [0.2, 0.25) is 0 Å². The second-order valence-electron chi connectivity index (χ2n) is 5.11. The van der Waals surface area contributed by atoms with E-state index >= 15 is 0 Å². The molecule has 0 aliphatic rings. The molecule has 2 atom stereocenters. The van der Waals surface area contributed by atoms with Crippen molar-refractivity contribution in [1.29, 1.82) is 0 Å². The summed E-state index contributed by atoms with van der Waals surface area (Å²) in [7, 11) is 0. The number of amides is 2. The highest BCUT2D eigenvalue weighted by Crippen LogP contribution is 2.19. The molecule has 0 aromatic rings. The summed E-state index contributed by atoms with van der Waals surface area (Å²) in [6.45, 7) is 7.47. The lowest BCUT2D eigenvalue weighted by molar-refractivity contribution is -0.130. The molecule has 5 N–H and O–H groups in total. The molecule has 0 aromatic heterocycles. The van der Waals surface area contributed by atoms with Gasteiger partial charge in [0.25, 0.3) is 0 Å². The van der Waals surface area contributed by atoms with Crippen LogP contribution in [0.5, 0.6) is 0 Å². The molecule has 0 aliphatic carbocycles. The summed E-state index contributed by atoms with van der Waals surface area (Å²) in [4.78, 5) is 22.9. The number of hydrogen-bond donors (Lipinski definition) is 3. The Morgan fingerprint density at radius 3 is 2.06 bits per heavy atom. The van der Waals surface area contributed by atoms with Gasteiger partial charge in [-0.2, -0.15) is 0 Å². The molecule has 0 rings (SSSR count). The van der Waals surface area contributed by atoms with E-state index in [2.05, 4.69) is 5.32 Å². The fourth-order valence-electron chi connectivity index (χ4n) is 1.41. The first-order chi connectivity index (χ1) is 7.20. The molecule has 0 radical (unpaired) electrons. The third kappa shape index (κ3) is 6.48. The fourth-order valence-corrected chi connectivity index (χ4v) is 1.41. The van der Waals surface area contributed by atoms with Crippen molar-refractivity contribution >= 4 is 24.2 Å². The predicted octanol–water partition coefficient (Wildman–Crippen LogP) is 0.552. The average molecular weight is 266 g/mol. The van der Waals surface area contributed by atoms with Crippen LogP contribution in [0.3, 0.4) is 0 Å². The highest BCUT2D eigenvalue weighted by atomic mass is 35.5. The van der Waals surface area contributed by atoms with E-state index in [0.717, 1.165) is 6.42 Å². The van der Waals surface area contributed by atoms with Crippen molar-refractivity contribution < 1.29 is 9.59 Å². The van der Waals surface area contributed by atoms with Crippen LogP contribution in [-0.4, -0.2) is 23.9 Å². The van der Waals surface area contributed by atoms with Crippen LogP contribution in [0.4, 0.5) is 0 Å². The van der Waals surface area contributed by atoms with Crippen molar-refractivity contribution in [2.75, 3.05) is 0 Å². The highest BCUT2D eigenvalue weighted by molar-refractivity contribution is 5.89. The smallest absolute Gasteiger partial charge is 0.240 e. The topological polar surface area (TPSA) is 98.2 Å². The Hall–Kier alpha value is -0.810. The van der Waals surface area contributed by atoms with E-state index in [1.807, 2.05) is 27.7 Å². The van der Waals surface area contributed by atoms with E-state index in [1.54, 1.807) is 0 Å². The molecule has 2 unspecified atom stereocenters. The quantitative estimate of drug-likeness (QED) is 0.677. The normalized spacial score (nSPS) is 14.4. The summed E-state index contributed by atoms with van der Waals surface area (Å²) in [5.41, 5.74) is 10.5. The SMILES string of the molecule is CCCC(N)C(=O)NC(C(N)=O)C(C)(C)C.Cl. The van der Waals surface area contributed by atoms with E-state index in [1.165, 1.54) is 0 Å². The van der Waals surface area contributed by atoms with Gasteiger partial charge in [-0.25, -0.2) is 0 Å². The summed E-state index contributed by atoms with van der Waals surface area (Å²) in [6, 6.07) is -1.27. The van der Waals surface area contributed by atoms with Gasteiger partial charge in [-0.3, -0.25) is 9.59 Å². The molecule has 0 bridgehead atoms. The van der Waals surface area contributed by atoms with Crippen LogP contribution in [0.15, 0.2) is 0 Å². The largest absolute Gasteiger partial charge is 0.368 e. The first kappa shape index (κ1) is 18.6. The van der Waals surface area contributed by atoms with Gasteiger partial charge >= 0.3 is 0 Å². The van der Waals surface area contributed by atoms with Crippen molar-refractivity contribution in [2.24, 2.45) is 16.9 Å². The van der Waals surface area contributed by atoms with Crippen molar-refractivity contribution in [3.63, 3.8) is 0 Å². The molecule has 0 aliphatic heterocycles. The molecule has 0 fully saturated rings. The van der Waals surface area contributed by atoms with Crippen LogP contribution < -0.4 is 16.8 Å². The number of rotatable bonds is 5. The number of halogens is 1. The summed E-state index contributed by atoms with van der Waals surface area (Å²) in [5.74, 6) is -0.856. The van der Waals surface area contributed by atoms with Gasteiger partial charge in [0.05, 0.1) is 6.04 Å². The highest BCUT2D eigenvalue weighted by Gasteiger charge is 2.31. The van der Waals surface area contributed by atoms with Gasteiger partial charge < -0.3 is 16.8 Å². The monoisotopic (exact) mass is 265 g/mol. The lowest BCUT2D eigenvalue weighted by atomic mass is 9.86. The summed E-state index contributed by atoms with van der Waals surface area (Å²) in [5, 5.41) is 2.60. The van der Waals surface area contributed by atoms with Crippen molar-refractivity contribution in [3.05, 3.63) is 0 Å². The van der Waals surface area contributed by atoms with Gasteiger partial charge in [-0.05, 0) is 11.8 Å². The lowest BCUT2D eigenvalue weighted by Gasteiger charge is -2.29. The Morgan fingerprint density at radius 2 is 1.76 bits per heavy atom. The zero-order chi connectivity index (χ0) is 12.9. The average Bonchev–Trinajstić information content (AvgIpc) is 2.11. The Balaban J connectivity index is 0. The van der Waals surface area contributed by atoms with Crippen LogP contribution in [0.25, 0.3) is 0 Å². The molecule has 2 amide bonds. The van der Waals surface area contributed by atoms with E-state index in [4.69, 9.17) is 11.5 Å². The third-order valence-electron chi connectivity index (χ3n) is 2.37. The maximum Gasteiger partial charge on any atom is 0.240 e. The molecule has 102 valence electrons. The maximum atomic E-state index is 11.7. The first-order valence-electron chi connectivity index (χ1n) is 5.55. The van der Waals surface area contributed by atoms with Crippen molar-refractivity contribution in [3.8, 4) is 0 Å². The predicted molar refractivity (Wildman–Crippen MR) is 70.7 cm³/mol. The second-order valence-corrected chi connectivity index (χ2v) is 5.11. The molecule has 0 saturated heterocycles. The molecule has 0 aromatic carbocycles. The Labute approximate surface area is 109 Å². The molecule has 6 heteroatoms. The zero-order valence-corrected chi connectivity index (χ0v) is 11.8. The summed E-state index contributed by atoms with van der Waals surface area (Å²) < 4.78 is 0. The van der Waals surface area contributed by atoms with Gasteiger partial charge in [-0.15, -0.1) is 12.4 Å². The number of primary amides is 1. The van der Waals surface area contributed by atoms with Gasteiger partial charge in [0, 0.05) is 0 Å². The first-order valence-corrected chi connectivity index (χ1v) is 5.55. The second kappa shape index (κ2) is 7.50. The molecule has 0 spiro atoms. The number of nitrogens with two attached hydrogens (primary N) is 2. The zero-order valence-electron chi connectivity index (χ0n) is 10.9. The van der Waals surface area contributed by atoms with Gasteiger partial charge in [0.15, 0.2) is 0 Å². The number of hydrogen-bond acceptors (Lipinski definition) is 3. The van der Waals surface area contributed by atoms with Crippen LogP contribution in [-0.2, 0) is 9.59 Å². The van der Waals surface area contributed by atoms with Crippen LogP contribution in [0, 0.1) is 5.41 Å². The van der Waals surface area contributed by atoms with Crippen molar-refractivity contribution in [1.82, 2.24) is 5.32 Å².